The van der Waals surface area contributed by atoms with Crippen molar-refractivity contribution in [1.29, 1.82) is 0 Å². The van der Waals surface area contributed by atoms with Crippen LogP contribution in [0.15, 0.2) is 64.5 Å². The smallest absolute Gasteiger partial charge is 0.270 e. The SMILES string of the molecule is COc1cn(C(Cc2cnco2)C(=O)Nc2cnc(C(N)=O)c(F)c2)c(=O)cc1-c1cc(Cl)ccc1C(C)C. The summed E-state index contributed by atoms with van der Waals surface area (Å²) in [7, 11) is 1.45. The topological polar surface area (TPSA) is 142 Å². The van der Waals surface area contributed by atoms with E-state index in [9.17, 15) is 18.8 Å². The summed E-state index contributed by atoms with van der Waals surface area (Å²) < 4.78 is 26.4. The van der Waals surface area contributed by atoms with E-state index in [-0.39, 0.29) is 18.0 Å². The number of nitrogens with zero attached hydrogens (tertiary/aromatic N) is 3. The van der Waals surface area contributed by atoms with Crippen LogP contribution in [0.4, 0.5) is 10.1 Å². The predicted molar refractivity (Wildman–Crippen MR) is 142 cm³/mol. The predicted octanol–water partition coefficient (Wildman–Crippen LogP) is 4.34. The molecule has 0 fully saturated rings. The summed E-state index contributed by atoms with van der Waals surface area (Å²) in [5.41, 5.74) is 6.18. The van der Waals surface area contributed by atoms with E-state index >= 15 is 0 Å². The van der Waals surface area contributed by atoms with E-state index in [1.54, 1.807) is 12.1 Å². The first-order chi connectivity index (χ1) is 18.6. The van der Waals surface area contributed by atoms with Gasteiger partial charge in [-0.25, -0.2) is 14.4 Å². The maximum atomic E-state index is 14.2. The summed E-state index contributed by atoms with van der Waals surface area (Å²) >= 11 is 6.27. The van der Waals surface area contributed by atoms with Gasteiger partial charge < -0.3 is 20.2 Å². The molecule has 12 heteroatoms. The van der Waals surface area contributed by atoms with Gasteiger partial charge in [0.1, 0.15) is 17.6 Å². The van der Waals surface area contributed by atoms with Crippen molar-refractivity contribution in [2.75, 3.05) is 12.4 Å². The summed E-state index contributed by atoms with van der Waals surface area (Å²) in [4.78, 5) is 45.7. The molecule has 4 aromatic rings. The summed E-state index contributed by atoms with van der Waals surface area (Å²) in [6, 6.07) is 6.56. The molecule has 0 spiro atoms. The van der Waals surface area contributed by atoms with E-state index in [1.165, 1.54) is 36.5 Å². The lowest BCUT2D eigenvalue weighted by Gasteiger charge is -2.21. The molecular formula is C27H25ClFN5O5. The number of aromatic nitrogens is 3. The number of carbonyl (C=O) groups is 2. The molecular weight excluding hydrogens is 529 g/mol. The highest BCUT2D eigenvalue weighted by molar-refractivity contribution is 6.30. The third-order valence-electron chi connectivity index (χ3n) is 6.05. The number of benzene rings is 1. The first-order valence-electron chi connectivity index (χ1n) is 11.8. The second-order valence-corrected chi connectivity index (χ2v) is 9.42. The first kappa shape index (κ1) is 27.5. The van der Waals surface area contributed by atoms with E-state index in [4.69, 9.17) is 26.5 Å². The minimum Gasteiger partial charge on any atom is -0.495 e. The molecule has 1 unspecified atom stereocenters. The number of halogens is 2. The average molecular weight is 554 g/mol. The third kappa shape index (κ3) is 5.99. The molecule has 10 nitrogen and oxygen atoms in total. The van der Waals surface area contributed by atoms with Crippen molar-refractivity contribution in [3.05, 3.63) is 93.5 Å². The van der Waals surface area contributed by atoms with Gasteiger partial charge in [-0.05, 0) is 29.2 Å². The summed E-state index contributed by atoms with van der Waals surface area (Å²) in [5.74, 6) is -1.94. The molecule has 4 rings (SSSR count). The second-order valence-electron chi connectivity index (χ2n) is 8.98. The molecule has 39 heavy (non-hydrogen) atoms. The van der Waals surface area contributed by atoms with Crippen LogP contribution in [0.5, 0.6) is 5.75 Å². The average Bonchev–Trinajstić information content (AvgIpc) is 3.40. The molecule has 1 aromatic carbocycles. The molecule has 0 saturated carbocycles. The Labute approximate surface area is 227 Å². The van der Waals surface area contributed by atoms with Crippen LogP contribution < -0.4 is 21.3 Å². The Morgan fingerprint density at radius 3 is 2.59 bits per heavy atom. The lowest BCUT2D eigenvalue weighted by atomic mass is 9.92. The maximum absolute atomic E-state index is 14.2. The number of hydrogen-bond donors (Lipinski definition) is 2. The molecule has 202 valence electrons. The zero-order valence-electron chi connectivity index (χ0n) is 21.3. The fourth-order valence-corrected chi connectivity index (χ4v) is 4.35. The summed E-state index contributed by atoms with van der Waals surface area (Å²) in [6.45, 7) is 4.04. The van der Waals surface area contributed by atoms with E-state index in [2.05, 4.69) is 15.3 Å². The molecule has 3 aromatic heterocycles. The monoisotopic (exact) mass is 553 g/mol. The molecule has 0 saturated heterocycles. The van der Waals surface area contributed by atoms with Crippen molar-refractivity contribution in [3.8, 4) is 16.9 Å². The minimum atomic E-state index is -1.16. The van der Waals surface area contributed by atoms with Crippen molar-refractivity contribution in [1.82, 2.24) is 14.5 Å². The third-order valence-corrected chi connectivity index (χ3v) is 6.29. The number of methoxy groups -OCH3 is 1. The molecule has 0 radical (unpaired) electrons. The van der Waals surface area contributed by atoms with Gasteiger partial charge in [0.25, 0.3) is 11.5 Å². The second kappa shape index (κ2) is 11.5. The van der Waals surface area contributed by atoms with Crippen LogP contribution in [0.2, 0.25) is 5.02 Å². The van der Waals surface area contributed by atoms with Crippen molar-refractivity contribution < 1.29 is 23.1 Å². The fourth-order valence-electron chi connectivity index (χ4n) is 4.17. The van der Waals surface area contributed by atoms with E-state index < -0.39 is 34.9 Å². The van der Waals surface area contributed by atoms with Gasteiger partial charge in [0.15, 0.2) is 17.9 Å². The van der Waals surface area contributed by atoms with Gasteiger partial charge in [0.2, 0.25) is 5.91 Å². The standard InChI is InChI=1S/C27H25ClFN5O5/c1-14(2)18-5-4-15(28)6-19(18)20-9-24(35)34(12-23(20)38-3)22(8-17-11-31-13-39-17)27(37)33-16-7-21(29)25(26(30)36)32-10-16/h4-7,9-14,22H,8H2,1-3H3,(H2,30,36)(H,33,37). The molecule has 2 amide bonds. The van der Waals surface area contributed by atoms with Crippen LogP contribution in [-0.2, 0) is 11.2 Å². The zero-order valence-corrected chi connectivity index (χ0v) is 22.0. The zero-order chi connectivity index (χ0) is 28.3. The minimum absolute atomic E-state index is 0.0396. The van der Waals surface area contributed by atoms with Crippen LogP contribution in [0, 0.1) is 5.82 Å². The number of nitrogens with two attached hydrogens (primary N) is 1. The number of oxazole rings is 1. The van der Waals surface area contributed by atoms with Crippen molar-refractivity contribution >= 4 is 29.1 Å². The lowest BCUT2D eigenvalue weighted by Crippen LogP contribution is -2.34. The number of amides is 2. The molecule has 1 atom stereocenters. The van der Waals surface area contributed by atoms with Crippen molar-refractivity contribution in [3.63, 3.8) is 0 Å². The van der Waals surface area contributed by atoms with Gasteiger partial charge in [0.05, 0.1) is 31.4 Å². The Hall–Kier alpha value is -4.51. The highest BCUT2D eigenvalue weighted by Crippen LogP contribution is 2.36. The molecule has 0 aliphatic carbocycles. The van der Waals surface area contributed by atoms with E-state index in [0.717, 1.165) is 23.4 Å². The highest BCUT2D eigenvalue weighted by atomic mass is 35.5. The van der Waals surface area contributed by atoms with Gasteiger partial charge >= 0.3 is 0 Å². The van der Waals surface area contributed by atoms with Gasteiger partial charge in [-0.2, -0.15) is 0 Å². The largest absolute Gasteiger partial charge is 0.495 e. The van der Waals surface area contributed by atoms with Crippen molar-refractivity contribution in [2.24, 2.45) is 5.73 Å². The van der Waals surface area contributed by atoms with Gasteiger partial charge in [-0.15, -0.1) is 0 Å². The first-order valence-corrected chi connectivity index (χ1v) is 12.2. The number of anilines is 1. The van der Waals surface area contributed by atoms with Gasteiger partial charge in [-0.3, -0.25) is 19.0 Å². The van der Waals surface area contributed by atoms with E-state index in [1.807, 2.05) is 19.9 Å². The Kier molecular flexibility index (Phi) is 8.10. The molecule has 0 aliphatic rings. The number of primary amides is 1. The molecule has 3 heterocycles. The molecule has 0 aliphatic heterocycles. The highest BCUT2D eigenvalue weighted by Gasteiger charge is 2.26. The fraction of sp³-hybridized carbons (Fsp3) is 0.222. The maximum Gasteiger partial charge on any atom is 0.270 e. The Morgan fingerprint density at radius 2 is 1.97 bits per heavy atom. The number of carbonyl (C=O) groups excluding carboxylic acids is 2. The van der Waals surface area contributed by atoms with Crippen LogP contribution in [0.25, 0.3) is 11.1 Å². The number of hydrogen-bond acceptors (Lipinski definition) is 7. The molecule has 0 bridgehead atoms. The molecule has 3 N–H and O–H groups in total. The van der Waals surface area contributed by atoms with Crippen LogP contribution in [-0.4, -0.2) is 33.5 Å². The Bertz CT molecular complexity index is 1590. The van der Waals surface area contributed by atoms with Crippen LogP contribution >= 0.6 is 11.6 Å². The van der Waals surface area contributed by atoms with Gasteiger partial charge in [0, 0.05) is 29.1 Å². The van der Waals surface area contributed by atoms with E-state index in [0.29, 0.717) is 22.1 Å². The number of ether oxygens (including phenoxy) is 1. The summed E-state index contributed by atoms with van der Waals surface area (Å²) in [5, 5.41) is 3.02. The number of rotatable bonds is 9. The van der Waals surface area contributed by atoms with Gasteiger partial charge in [-0.1, -0.05) is 31.5 Å². The normalized spacial score (nSPS) is 11.8. The number of nitrogens with one attached hydrogen (secondary N) is 1. The number of pyridine rings is 2. The quantitative estimate of drug-likeness (QED) is 0.314. The lowest BCUT2D eigenvalue weighted by molar-refractivity contribution is -0.119. The Morgan fingerprint density at radius 1 is 1.21 bits per heavy atom. The van der Waals surface area contributed by atoms with Crippen LogP contribution in [0.3, 0.4) is 0 Å². The summed E-state index contributed by atoms with van der Waals surface area (Å²) in [6.07, 6.45) is 5.08. The van der Waals surface area contributed by atoms with Crippen LogP contribution in [0.1, 0.15) is 47.6 Å². The van der Waals surface area contributed by atoms with Crippen molar-refractivity contribution in [2.45, 2.75) is 32.2 Å². The Balaban J connectivity index is 1.78.